The van der Waals surface area contributed by atoms with Gasteiger partial charge in [0, 0.05) is 12.1 Å². The molecule has 26 heavy (non-hydrogen) atoms. The number of carbonyl (C=O) groups is 2. The molecule has 1 heterocycles. The van der Waals surface area contributed by atoms with Crippen LogP contribution in [0.5, 0.6) is 17.2 Å². The fourth-order valence-electron chi connectivity index (χ4n) is 2.81. The van der Waals surface area contributed by atoms with Crippen molar-refractivity contribution in [3.63, 3.8) is 0 Å². The summed E-state index contributed by atoms with van der Waals surface area (Å²) >= 11 is 0. The van der Waals surface area contributed by atoms with Crippen molar-refractivity contribution in [1.82, 2.24) is 0 Å². The van der Waals surface area contributed by atoms with Crippen molar-refractivity contribution in [3.8, 4) is 17.2 Å². The number of aromatic hydroxyl groups is 2. The van der Waals surface area contributed by atoms with Crippen LogP contribution in [0.1, 0.15) is 42.3 Å². The summed E-state index contributed by atoms with van der Waals surface area (Å²) < 4.78 is 11.3. The van der Waals surface area contributed by atoms with Gasteiger partial charge in [-0.2, -0.15) is 0 Å². The molecular formula is C20H20O6. The molecule has 2 aromatic rings. The lowest BCUT2D eigenvalue weighted by molar-refractivity contribution is -0.156. The maximum atomic E-state index is 13.0. The lowest BCUT2D eigenvalue weighted by Crippen LogP contribution is -2.40. The number of Topliss-reactive ketones (excluding diaryl/α,β-unsaturated/α-hetero) is 1. The van der Waals surface area contributed by atoms with Gasteiger partial charge < -0.3 is 19.7 Å². The van der Waals surface area contributed by atoms with Crippen LogP contribution in [0, 0.1) is 5.92 Å². The largest absolute Gasteiger partial charge is 0.508 e. The van der Waals surface area contributed by atoms with Gasteiger partial charge in [0.25, 0.3) is 0 Å². The summed E-state index contributed by atoms with van der Waals surface area (Å²) in [6.45, 7) is 3.57. The number of benzene rings is 2. The molecule has 2 aromatic carbocycles. The molecule has 3 atom stereocenters. The number of phenols is 2. The molecule has 3 unspecified atom stereocenters. The van der Waals surface area contributed by atoms with Gasteiger partial charge in [-0.1, -0.05) is 44.2 Å². The van der Waals surface area contributed by atoms with Crippen molar-refractivity contribution in [2.45, 2.75) is 32.5 Å². The van der Waals surface area contributed by atoms with E-state index in [1.165, 1.54) is 6.07 Å². The van der Waals surface area contributed by atoms with Crippen molar-refractivity contribution >= 4 is 11.8 Å². The Morgan fingerprint density at radius 1 is 1.23 bits per heavy atom. The highest BCUT2D eigenvalue weighted by molar-refractivity contribution is 6.06. The third-order valence-electron chi connectivity index (χ3n) is 4.49. The van der Waals surface area contributed by atoms with Crippen molar-refractivity contribution in [1.29, 1.82) is 0 Å². The van der Waals surface area contributed by atoms with Crippen LogP contribution in [-0.4, -0.2) is 28.1 Å². The van der Waals surface area contributed by atoms with E-state index >= 15 is 0 Å². The minimum Gasteiger partial charge on any atom is -0.508 e. The van der Waals surface area contributed by atoms with E-state index in [0.717, 1.165) is 6.07 Å². The fraction of sp³-hybridized carbons (Fsp3) is 0.300. The zero-order valence-electron chi connectivity index (χ0n) is 14.5. The van der Waals surface area contributed by atoms with Gasteiger partial charge in [-0.3, -0.25) is 9.59 Å². The molecule has 0 aromatic heterocycles. The van der Waals surface area contributed by atoms with Gasteiger partial charge in [-0.25, -0.2) is 0 Å². The third kappa shape index (κ3) is 3.22. The molecule has 0 amide bonds. The molecule has 3 rings (SSSR count). The van der Waals surface area contributed by atoms with Crippen LogP contribution in [-0.2, 0) is 9.53 Å². The Labute approximate surface area is 151 Å². The summed E-state index contributed by atoms with van der Waals surface area (Å²) in [4.78, 5) is 25.3. The molecule has 0 bridgehead atoms. The molecule has 2 N–H and O–H groups in total. The first-order valence-electron chi connectivity index (χ1n) is 8.44. The fourth-order valence-corrected chi connectivity index (χ4v) is 2.81. The van der Waals surface area contributed by atoms with Gasteiger partial charge >= 0.3 is 5.97 Å². The summed E-state index contributed by atoms with van der Waals surface area (Å²) in [6, 6.07) is 11.2. The highest BCUT2D eigenvalue weighted by Crippen LogP contribution is 2.42. The van der Waals surface area contributed by atoms with Crippen molar-refractivity contribution in [3.05, 3.63) is 53.6 Å². The number of ether oxygens (including phenoxy) is 2. The Kier molecular flexibility index (Phi) is 4.84. The SMILES string of the molecule is CCC(C)C(=O)OC1C(=O)c2c(O)cc(O)cc2OC1c1ccccc1. The van der Waals surface area contributed by atoms with Gasteiger partial charge in [0.2, 0.25) is 11.9 Å². The molecule has 1 aliphatic heterocycles. The standard InChI is InChI=1S/C20H20O6/c1-3-11(2)20(24)26-19-17(23)16-14(22)9-13(21)10-15(16)25-18(19)12-7-5-4-6-8-12/h4-11,18-19,21-22H,3H2,1-2H3. The third-order valence-corrected chi connectivity index (χ3v) is 4.49. The molecule has 0 saturated heterocycles. The number of phenolic OH excluding ortho intramolecular Hbond substituents is 2. The molecule has 0 fully saturated rings. The Hall–Kier alpha value is -3.02. The Bertz CT molecular complexity index is 830. The predicted molar refractivity (Wildman–Crippen MR) is 93.2 cm³/mol. The van der Waals surface area contributed by atoms with Gasteiger partial charge in [0.15, 0.2) is 6.10 Å². The van der Waals surface area contributed by atoms with Crippen molar-refractivity contribution < 1.29 is 29.3 Å². The second kappa shape index (κ2) is 7.07. The number of esters is 1. The number of hydrogen-bond donors (Lipinski definition) is 2. The molecule has 0 spiro atoms. The molecular weight excluding hydrogens is 336 g/mol. The molecule has 6 nitrogen and oxygen atoms in total. The van der Waals surface area contributed by atoms with E-state index in [2.05, 4.69) is 0 Å². The summed E-state index contributed by atoms with van der Waals surface area (Å²) in [5.74, 6) is -2.02. The quantitative estimate of drug-likeness (QED) is 0.816. The molecule has 136 valence electrons. The Balaban J connectivity index is 2.05. The second-order valence-electron chi connectivity index (χ2n) is 6.32. The first-order chi connectivity index (χ1) is 12.4. The number of carbonyl (C=O) groups excluding carboxylic acids is 2. The summed E-state index contributed by atoms with van der Waals surface area (Å²) in [7, 11) is 0. The first-order valence-corrected chi connectivity index (χ1v) is 8.44. The van der Waals surface area contributed by atoms with E-state index in [1.54, 1.807) is 31.2 Å². The summed E-state index contributed by atoms with van der Waals surface area (Å²) in [5, 5.41) is 19.8. The van der Waals surface area contributed by atoms with E-state index < -0.39 is 29.7 Å². The zero-order chi connectivity index (χ0) is 18.8. The smallest absolute Gasteiger partial charge is 0.309 e. The van der Waals surface area contributed by atoms with Crippen molar-refractivity contribution in [2.24, 2.45) is 5.92 Å². The predicted octanol–water partition coefficient (Wildman–Crippen LogP) is 3.37. The molecule has 6 heteroatoms. The number of ketones is 1. The average molecular weight is 356 g/mol. The van der Waals surface area contributed by atoms with Crippen LogP contribution in [0.2, 0.25) is 0 Å². The molecule has 0 aliphatic carbocycles. The first kappa shape index (κ1) is 17.8. The van der Waals surface area contributed by atoms with Crippen LogP contribution >= 0.6 is 0 Å². The Morgan fingerprint density at radius 3 is 2.58 bits per heavy atom. The lowest BCUT2D eigenvalue weighted by atomic mass is 9.92. The minimum absolute atomic E-state index is 0.0530. The van der Waals surface area contributed by atoms with E-state index in [9.17, 15) is 19.8 Å². The van der Waals surface area contributed by atoms with Crippen molar-refractivity contribution in [2.75, 3.05) is 0 Å². The van der Waals surface area contributed by atoms with Gasteiger partial charge in [-0.15, -0.1) is 0 Å². The second-order valence-corrected chi connectivity index (χ2v) is 6.32. The van der Waals surface area contributed by atoms with Gasteiger partial charge in [0.1, 0.15) is 22.8 Å². The zero-order valence-corrected chi connectivity index (χ0v) is 14.5. The van der Waals surface area contributed by atoms with Gasteiger partial charge in [-0.05, 0) is 12.0 Å². The average Bonchev–Trinajstić information content (AvgIpc) is 2.63. The molecule has 0 radical (unpaired) electrons. The van der Waals surface area contributed by atoms with E-state index in [0.29, 0.717) is 12.0 Å². The van der Waals surface area contributed by atoms with Crippen LogP contribution < -0.4 is 4.74 Å². The number of fused-ring (bicyclic) bond motifs is 1. The van der Waals surface area contributed by atoms with Gasteiger partial charge in [0.05, 0.1) is 5.92 Å². The van der Waals surface area contributed by atoms with Crippen LogP contribution in [0.3, 0.4) is 0 Å². The van der Waals surface area contributed by atoms with E-state index in [4.69, 9.17) is 9.47 Å². The molecule has 1 aliphatic rings. The van der Waals surface area contributed by atoms with Crippen LogP contribution in [0.4, 0.5) is 0 Å². The van der Waals surface area contributed by atoms with E-state index in [1.807, 2.05) is 13.0 Å². The maximum absolute atomic E-state index is 13.0. The van der Waals surface area contributed by atoms with E-state index in [-0.39, 0.29) is 23.0 Å². The normalized spacial score (nSPS) is 20.0. The lowest BCUT2D eigenvalue weighted by Gasteiger charge is -2.33. The summed E-state index contributed by atoms with van der Waals surface area (Å²) in [6.07, 6.45) is -1.51. The highest BCUT2D eigenvalue weighted by Gasteiger charge is 2.43. The molecule has 0 saturated carbocycles. The number of hydrogen-bond acceptors (Lipinski definition) is 6. The Morgan fingerprint density at radius 2 is 1.92 bits per heavy atom. The topological polar surface area (TPSA) is 93.1 Å². The summed E-state index contributed by atoms with van der Waals surface area (Å²) in [5.41, 5.74) is 0.549. The highest BCUT2D eigenvalue weighted by atomic mass is 16.6. The maximum Gasteiger partial charge on any atom is 0.309 e. The number of rotatable bonds is 4. The monoisotopic (exact) mass is 356 g/mol. The van der Waals surface area contributed by atoms with Crippen LogP contribution in [0.25, 0.3) is 0 Å². The van der Waals surface area contributed by atoms with Crippen LogP contribution in [0.15, 0.2) is 42.5 Å². The minimum atomic E-state index is -1.22.